The maximum Gasteiger partial charge on any atom is 0.410 e. The van der Waals surface area contributed by atoms with E-state index in [0.717, 1.165) is 18.2 Å². The summed E-state index contributed by atoms with van der Waals surface area (Å²) in [4.78, 5) is 24.7. The molecule has 1 saturated heterocycles. The number of alkyl halides is 2. The van der Waals surface area contributed by atoms with E-state index < -0.39 is 11.5 Å². The Kier molecular flexibility index (Phi) is 5.56. The largest absolute Gasteiger partial charge is 0.444 e. The van der Waals surface area contributed by atoms with Gasteiger partial charge in [0.1, 0.15) is 22.3 Å². The molecule has 0 radical (unpaired) electrons. The van der Waals surface area contributed by atoms with Crippen LogP contribution in [-0.4, -0.2) is 46.2 Å². The van der Waals surface area contributed by atoms with Crippen molar-refractivity contribution in [2.75, 3.05) is 24.5 Å². The number of pyridine rings is 2. The molecule has 0 bridgehead atoms. The third kappa shape index (κ3) is 4.37. The number of halogens is 3. The van der Waals surface area contributed by atoms with Gasteiger partial charge in [-0.15, -0.1) is 0 Å². The van der Waals surface area contributed by atoms with E-state index in [9.17, 15) is 13.6 Å². The summed E-state index contributed by atoms with van der Waals surface area (Å²) in [6, 6.07) is 6.40. The minimum Gasteiger partial charge on any atom is -0.444 e. The van der Waals surface area contributed by atoms with Gasteiger partial charge in [-0.1, -0.05) is 17.7 Å². The summed E-state index contributed by atoms with van der Waals surface area (Å²) in [5.74, 6) is -2.59. The first-order valence-corrected chi connectivity index (χ1v) is 11.0. The molecule has 172 valence electrons. The smallest absolute Gasteiger partial charge is 0.410 e. The van der Waals surface area contributed by atoms with Gasteiger partial charge < -0.3 is 14.5 Å². The van der Waals surface area contributed by atoms with E-state index >= 15 is 0 Å². The first kappa shape index (κ1) is 22.7. The number of carbonyl (C=O) groups excluding carboxylic acids is 1. The highest BCUT2D eigenvalue weighted by atomic mass is 35.5. The number of nitrogens with zero attached hydrogens (tertiary/aromatic N) is 4. The van der Waals surface area contributed by atoms with Crippen molar-refractivity contribution in [1.29, 1.82) is 0 Å². The van der Waals surface area contributed by atoms with E-state index in [4.69, 9.17) is 16.3 Å². The van der Waals surface area contributed by atoms with Gasteiger partial charge in [0.2, 0.25) is 0 Å². The number of fused-ring (bicyclic) bond motifs is 2. The van der Waals surface area contributed by atoms with Crippen molar-refractivity contribution in [3.8, 4) is 0 Å². The molecule has 1 fully saturated rings. The second-order valence-electron chi connectivity index (χ2n) is 9.63. The fourth-order valence-corrected chi connectivity index (χ4v) is 4.57. The van der Waals surface area contributed by atoms with Crippen LogP contribution in [-0.2, 0) is 16.1 Å². The van der Waals surface area contributed by atoms with Crippen LogP contribution in [0.4, 0.5) is 25.1 Å². The maximum absolute atomic E-state index is 13.9. The van der Waals surface area contributed by atoms with Crippen LogP contribution in [0.3, 0.4) is 0 Å². The fourth-order valence-electron chi connectivity index (χ4n) is 4.42. The van der Waals surface area contributed by atoms with Gasteiger partial charge in [0, 0.05) is 43.7 Å². The van der Waals surface area contributed by atoms with E-state index in [0.29, 0.717) is 43.4 Å². The Morgan fingerprint density at radius 1 is 1.19 bits per heavy atom. The van der Waals surface area contributed by atoms with E-state index in [1.807, 2.05) is 25.7 Å². The fraction of sp³-hybridized carbons (Fsp3) is 0.522. The van der Waals surface area contributed by atoms with Crippen molar-refractivity contribution in [1.82, 2.24) is 14.9 Å². The number of rotatable bonds is 2. The Hall–Kier alpha value is -2.48. The van der Waals surface area contributed by atoms with Crippen LogP contribution in [0.25, 0.3) is 0 Å². The lowest BCUT2D eigenvalue weighted by atomic mass is 9.75. The van der Waals surface area contributed by atoms with Gasteiger partial charge in [0.25, 0.3) is 5.92 Å². The molecule has 6 nitrogen and oxygen atoms in total. The highest BCUT2D eigenvalue weighted by molar-refractivity contribution is 6.29. The molecule has 0 unspecified atom stereocenters. The Balaban J connectivity index is 1.63. The quantitative estimate of drug-likeness (QED) is 0.536. The molecule has 2 aliphatic rings. The number of piperidine rings is 1. The van der Waals surface area contributed by atoms with Gasteiger partial charge in [0.05, 0.1) is 5.69 Å². The number of carbonyl (C=O) groups is 1. The van der Waals surface area contributed by atoms with Gasteiger partial charge in [0.15, 0.2) is 0 Å². The first-order valence-electron chi connectivity index (χ1n) is 10.6. The molecular weight excluding hydrogens is 438 g/mol. The molecule has 32 heavy (non-hydrogen) atoms. The molecule has 0 aromatic carbocycles. The monoisotopic (exact) mass is 464 g/mol. The second kappa shape index (κ2) is 7.83. The lowest BCUT2D eigenvalue weighted by molar-refractivity contribution is 0.0128. The van der Waals surface area contributed by atoms with Crippen molar-refractivity contribution in [2.24, 2.45) is 0 Å². The van der Waals surface area contributed by atoms with Crippen LogP contribution in [0.2, 0.25) is 5.15 Å². The number of amides is 1. The molecule has 2 aromatic heterocycles. The average molecular weight is 465 g/mol. The zero-order valence-corrected chi connectivity index (χ0v) is 19.4. The molecule has 2 aliphatic heterocycles. The topological polar surface area (TPSA) is 58.6 Å². The molecule has 1 spiro atoms. The molecule has 0 aliphatic carbocycles. The van der Waals surface area contributed by atoms with Crippen LogP contribution >= 0.6 is 11.6 Å². The lowest BCUT2D eigenvalue weighted by Gasteiger charge is -2.40. The third-order valence-corrected chi connectivity index (χ3v) is 6.21. The van der Waals surface area contributed by atoms with Crippen molar-refractivity contribution in [2.45, 2.75) is 57.5 Å². The van der Waals surface area contributed by atoms with Gasteiger partial charge in [-0.3, -0.25) is 0 Å². The molecule has 9 heteroatoms. The van der Waals surface area contributed by atoms with Gasteiger partial charge in [-0.05, 0) is 51.8 Å². The highest BCUT2D eigenvalue weighted by Gasteiger charge is 2.47. The van der Waals surface area contributed by atoms with E-state index in [1.54, 1.807) is 29.3 Å². The van der Waals surface area contributed by atoms with Crippen LogP contribution in [0.15, 0.2) is 30.5 Å². The molecule has 0 N–H and O–H groups in total. The van der Waals surface area contributed by atoms with Gasteiger partial charge in [-0.25, -0.2) is 14.8 Å². The Bertz CT molecular complexity index is 1030. The summed E-state index contributed by atoms with van der Waals surface area (Å²) in [5.41, 5.74) is 0.706. The Labute approximate surface area is 191 Å². The minimum atomic E-state index is -3.04. The van der Waals surface area contributed by atoms with Crippen molar-refractivity contribution < 1.29 is 18.3 Å². The van der Waals surface area contributed by atoms with Gasteiger partial charge >= 0.3 is 6.09 Å². The number of hydrogen-bond acceptors (Lipinski definition) is 5. The lowest BCUT2D eigenvalue weighted by Crippen LogP contribution is -2.48. The highest BCUT2D eigenvalue weighted by Crippen LogP contribution is 2.49. The number of ether oxygens (including phenoxy) is 1. The summed E-state index contributed by atoms with van der Waals surface area (Å²) >= 11 is 6.19. The predicted molar refractivity (Wildman–Crippen MR) is 119 cm³/mol. The predicted octanol–water partition coefficient (Wildman–Crippen LogP) is 5.66. The number of anilines is 2. The standard InChI is InChI=1S/C23H27ClF2N4O2/c1-21(2,3)32-20(31)29-10-8-23(9-11-29)14-30(16-12-18(24)27-13-15(16)23)19-7-5-6-17(28-19)22(4,25)26/h5-7,12-13H,8-11,14H2,1-4H3. The van der Waals surface area contributed by atoms with Crippen molar-refractivity contribution >= 4 is 29.2 Å². The Morgan fingerprint density at radius 2 is 1.88 bits per heavy atom. The summed E-state index contributed by atoms with van der Waals surface area (Å²) in [6.07, 6.45) is 2.83. The maximum atomic E-state index is 13.9. The molecule has 4 heterocycles. The first-order chi connectivity index (χ1) is 14.9. The zero-order valence-electron chi connectivity index (χ0n) is 18.7. The van der Waals surface area contributed by atoms with Crippen LogP contribution in [0.5, 0.6) is 0 Å². The number of likely N-dealkylation sites (tertiary alicyclic amines) is 1. The Morgan fingerprint density at radius 3 is 2.50 bits per heavy atom. The van der Waals surface area contributed by atoms with E-state index in [-0.39, 0.29) is 17.2 Å². The van der Waals surface area contributed by atoms with Crippen LogP contribution < -0.4 is 4.90 Å². The SMILES string of the molecule is CC(C)(C)OC(=O)N1CCC2(CC1)CN(c1cccc(C(C)(F)F)n1)c1cc(Cl)ncc12. The number of hydrogen-bond donors (Lipinski definition) is 0. The van der Waals surface area contributed by atoms with Crippen LogP contribution in [0.1, 0.15) is 51.8 Å². The third-order valence-electron chi connectivity index (χ3n) is 6.00. The average Bonchev–Trinajstić information content (AvgIpc) is 3.00. The summed E-state index contributed by atoms with van der Waals surface area (Å²) < 4.78 is 33.3. The zero-order chi connectivity index (χ0) is 23.3. The summed E-state index contributed by atoms with van der Waals surface area (Å²) in [5, 5.41) is 0.328. The molecule has 4 rings (SSSR count). The number of aromatic nitrogens is 2. The molecule has 1 amide bonds. The summed E-state index contributed by atoms with van der Waals surface area (Å²) in [7, 11) is 0. The molecular formula is C23H27ClF2N4O2. The van der Waals surface area contributed by atoms with E-state index in [1.165, 1.54) is 6.07 Å². The van der Waals surface area contributed by atoms with Crippen molar-refractivity contribution in [3.05, 3.63) is 46.9 Å². The van der Waals surface area contributed by atoms with Crippen molar-refractivity contribution in [3.63, 3.8) is 0 Å². The molecule has 2 aromatic rings. The minimum absolute atomic E-state index is 0.280. The van der Waals surface area contributed by atoms with E-state index in [2.05, 4.69) is 9.97 Å². The normalized spacial score (nSPS) is 18.1. The summed E-state index contributed by atoms with van der Waals surface area (Å²) in [6.45, 7) is 7.99. The van der Waals surface area contributed by atoms with Gasteiger partial charge in [-0.2, -0.15) is 8.78 Å². The molecule has 0 saturated carbocycles. The van der Waals surface area contributed by atoms with Crippen LogP contribution in [0, 0.1) is 0 Å². The second-order valence-corrected chi connectivity index (χ2v) is 10.0. The molecule has 0 atom stereocenters.